The summed E-state index contributed by atoms with van der Waals surface area (Å²) in [6.45, 7) is 3.28. The minimum absolute atomic E-state index is 0.126. The van der Waals surface area contributed by atoms with Gasteiger partial charge in [0.25, 0.3) is 5.91 Å². The molecule has 0 radical (unpaired) electrons. The Kier molecular flexibility index (Phi) is 5.09. The number of aromatic hydroxyl groups is 1. The molecule has 0 aromatic heterocycles. The second-order valence-electron chi connectivity index (χ2n) is 9.46. The van der Waals surface area contributed by atoms with Crippen LogP contribution in [0.3, 0.4) is 0 Å². The molecular formula is C23H27N3O8. The highest BCUT2D eigenvalue weighted by Crippen LogP contribution is 2.57. The number of Topliss-reactive ketones (excluding diaryl/α,β-unsaturated/α-hetero) is 2. The number of phenolic OH excluding ortho intramolecular Hbond substituents is 1. The van der Waals surface area contributed by atoms with Crippen molar-refractivity contribution in [2.75, 3.05) is 19.8 Å². The molecule has 34 heavy (non-hydrogen) atoms. The number of hydrogen-bond donors (Lipinski definition) is 7. The monoisotopic (exact) mass is 473 g/mol. The molecule has 1 amide bonds. The number of rotatable bonds is 2. The molecule has 4 rings (SSSR count). The molecule has 1 saturated carbocycles. The minimum atomic E-state index is -2.93. The minimum Gasteiger partial charge on any atom is -0.508 e. The number of aliphatic hydroxyl groups excluding tert-OH is 3. The van der Waals surface area contributed by atoms with Gasteiger partial charge in [0.1, 0.15) is 22.8 Å². The highest BCUT2D eigenvalue weighted by molar-refractivity contribution is 6.24. The zero-order valence-corrected chi connectivity index (χ0v) is 19.0. The van der Waals surface area contributed by atoms with Crippen LogP contribution >= 0.6 is 0 Å². The fourth-order valence-electron chi connectivity index (χ4n) is 5.93. The van der Waals surface area contributed by atoms with Crippen LogP contribution in [0.4, 0.5) is 5.69 Å². The van der Waals surface area contributed by atoms with Gasteiger partial charge in [-0.1, -0.05) is 6.92 Å². The summed E-state index contributed by atoms with van der Waals surface area (Å²) in [6, 6.07) is -0.0914. The number of ketones is 2. The Balaban J connectivity index is 2.09. The van der Waals surface area contributed by atoms with Gasteiger partial charge in [0.05, 0.1) is 23.6 Å². The van der Waals surface area contributed by atoms with E-state index >= 15 is 0 Å². The number of aryl methyl sites for hydroxylation is 1. The van der Waals surface area contributed by atoms with Crippen LogP contribution in [0.25, 0.3) is 5.76 Å². The van der Waals surface area contributed by atoms with Gasteiger partial charge in [0.15, 0.2) is 11.4 Å². The number of phenols is 1. The summed E-state index contributed by atoms with van der Waals surface area (Å²) in [7, 11) is 2.89. The molecule has 182 valence electrons. The van der Waals surface area contributed by atoms with Gasteiger partial charge < -0.3 is 37.0 Å². The van der Waals surface area contributed by atoms with E-state index in [-0.39, 0.29) is 17.0 Å². The van der Waals surface area contributed by atoms with Crippen molar-refractivity contribution in [1.82, 2.24) is 4.90 Å². The zero-order chi connectivity index (χ0) is 25.6. The van der Waals surface area contributed by atoms with Gasteiger partial charge in [0, 0.05) is 17.2 Å². The average molecular weight is 473 g/mol. The highest BCUT2D eigenvalue weighted by Gasteiger charge is 2.68. The number of hydrogen-bond acceptors (Lipinski definition) is 10. The Bertz CT molecular complexity index is 1230. The largest absolute Gasteiger partial charge is 0.508 e. The Morgan fingerprint density at radius 1 is 1.18 bits per heavy atom. The maximum absolute atomic E-state index is 13.8. The van der Waals surface area contributed by atoms with E-state index in [1.165, 1.54) is 25.1 Å². The normalized spacial score (nSPS) is 33.1. The second kappa shape index (κ2) is 7.29. The lowest BCUT2D eigenvalue weighted by Crippen LogP contribution is -2.70. The zero-order valence-electron chi connectivity index (χ0n) is 19.0. The fraction of sp³-hybridized carbons (Fsp3) is 0.435. The van der Waals surface area contributed by atoms with E-state index in [0.717, 1.165) is 0 Å². The first-order valence-electron chi connectivity index (χ1n) is 10.6. The summed E-state index contributed by atoms with van der Waals surface area (Å²) in [5.74, 6) is -9.36. The van der Waals surface area contributed by atoms with Crippen molar-refractivity contribution in [1.29, 1.82) is 0 Å². The molecule has 1 aromatic rings. The third-order valence-electron chi connectivity index (χ3n) is 7.48. The van der Waals surface area contributed by atoms with Crippen LogP contribution in [0.2, 0.25) is 0 Å². The van der Waals surface area contributed by atoms with Crippen LogP contribution in [-0.4, -0.2) is 79.7 Å². The summed E-state index contributed by atoms with van der Waals surface area (Å²) in [4.78, 5) is 40.2. The number of likely N-dealkylation sites (N-methyl/N-ethyl adjacent to an activating group) is 1. The number of nitrogen functional groups attached to an aromatic ring is 1. The van der Waals surface area contributed by atoms with Crippen LogP contribution < -0.4 is 11.5 Å². The fourth-order valence-corrected chi connectivity index (χ4v) is 5.93. The summed E-state index contributed by atoms with van der Waals surface area (Å²) in [6.07, 6.45) is -1.65. The molecule has 11 heteroatoms. The molecule has 3 aliphatic carbocycles. The van der Waals surface area contributed by atoms with Crippen molar-refractivity contribution in [3.8, 4) is 5.75 Å². The van der Waals surface area contributed by atoms with Gasteiger partial charge in [-0.05, 0) is 44.1 Å². The van der Waals surface area contributed by atoms with Gasteiger partial charge in [-0.3, -0.25) is 19.3 Å². The molecule has 9 N–H and O–H groups in total. The molecular weight excluding hydrogens is 446 g/mol. The summed E-state index contributed by atoms with van der Waals surface area (Å²) in [5, 5.41) is 55.6. The molecule has 3 aliphatic rings. The molecule has 2 unspecified atom stereocenters. The SMILES string of the molecule is Cc1cc(O)c2c(c1N)[C@H](C)C1C(=C2O)C(=O)[C@]2(O)C(O)=C(C(N)=O)C(=O)[C@@H](N(C)C)C2[C@H]1O. The van der Waals surface area contributed by atoms with Crippen LogP contribution in [-0.2, 0) is 14.4 Å². The molecule has 0 spiro atoms. The number of anilines is 1. The second-order valence-corrected chi connectivity index (χ2v) is 9.46. The van der Waals surface area contributed by atoms with Crippen molar-refractivity contribution in [2.45, 2.75) is 37.5 Å². The van der Waals surface area contributed by atoms with Gasteiger partial charge in [-0.15, -0.1) is 0 Å². The number of primary amides is 1. The van der Waals surface area contributed by atoms with E-state index in [0.29, 0.717) is 11.1 Å². The Labute approximate surface area is 194 Å². The standard InChI is InChI=1S/C23H27N3O8/c1-6-5-8(27)11-9(15(6)24)7(2)10-12(17(11)28)20(31)23(34)14(18(10)29)16(26(3)4)19(30)13(21(23)32)22(25)33/h5,7,10,14,16,18,27-29,32,34H,24H2,1-4H3,(H2,25,33)/t7-,10?,14?,16-,18-,23-/m0/s1. The number of nitrogens with two attached hydrogens (primary N) is 2. The van der Waals surface area contributed by atoms with E-state index in [9.17, 15) is 39.9 Å². The molecule has 6 atom stereocenters. The number of benzene rings is 1. The molecule has 0 aliphatic heterocycles. The molecule has 0 heterocycles. The molecule has 0 bridgehead atoms. The van der Waals surface area contributed by atoms with Crippen molar-refractivity contribution < 1.29 is 39.9 Å². The quantitative estimate of drug-likeness (QED) is 0.165. The van der Waals surface area contributed by atoms with Crippen molar-refractivity contribution >= 4 is 28.9 Å². The van der Waals surface area contributed by atoms with Crippen molar-refractivity contribution in [3.63, 3.8) is 0 Å². The van der Waals surface area contributed by atoms with Gasteiger partial charge in [0.2, 0.25) is 5.78 Å². The van der Waals surface area contributed by atoms with Crippen LogP contribution in [0.1, 0.15) is 29.5 Å². The molecule has 1 fully saturated rings. The van der Waals surface area contributed by atoms with E-state index in [1.54, 1.807) is 13.8 Å². The highest BCUT2D eigenvalue weighted by atomic mass is 16.4. The maximum Gasteiger partial charge on any atom is 0.255 e. The maximum atomic E-state index is 13.8. The summed E-state index contributed by atoms with van der Waals surface area (Å²) >= 11 is 0. The van der Waals surface area contributed by atoms with Crippen molar-refractivity contribution in [2.24, 2.45) is 17.6 Å². The Hall–Kier alpha value is -3.41. The number of nitrogens with zero attached hydrogens (tertiary/aromatic N) is 1. The number of carbonyl (C=O) groups is 3. The lowest BCUT2D eigenvalue weighted by Gasteiger charge is -2.53. The number of aliphatic hydroxyl groups is 4. The third-order valence-corrected chi connectivity index (χ3v) is 7.48. The first-order chi connectivity index (χ1) is 15.7. The predicted octanol–water partition coefficient (Wildman–Crippen LogP) is -0.614. The average Bonchev–Trinajstić information content (AvgIpc) is 2.73. The molecule has 0 saturated heterocycles. The smallest absolute Gasteiger partial charge is 0.255 e. The third kappa shape index (κ3) is 2.65. The van der Waals surface area contributed by atoms with Crippen LogP contribution in [0, 0.1) is 18.8 Å². The van der Waals surface area contributed by atoms with Gasteiger partial charge in [-0.25, -0.2) is 0 Å². The first kappa shape index (κ1) is 23.7. The van der Waals surface area contributed by atoms with E-state index < -0.39 is 75.6 Å². The molecule has 1 aromatic carbocycles. The number of amides is 1. The summed E-state index contributed by atoms with van der Waals surface area (Å²) < 4.78 is 0. The number of carbonyl (C=O) groups excluding carboxylic acids is 3. The lowest BCUT2D eigenvalue weighted by atomic mass is 9.54. The topological polar surface area (TPSA) is 208 Å². The number of fused-ring (bicyclic) bond motifs is 3. The Morgan fingerprint density at radius 2 is 1.76 bits per heavy atom. The van der Waals surface area contributed by atoms with Gasteiger partial charge in [-0.2, -0.15) is 0 Å². The predicted molar refractivity (Wildman–Crippen MR) is 119 cm³/mol. The van der Waals surface area contributed by atoms with Crippen molar-refractivity contribution in [3.05, 3.63) is 39.7 Å². The van der Waals surface area contributed by atoms with E-state index in [4.69, 9.17) is 11.5 Å². The van der Waals surface area contributed by atoms with E-state index in [1.807, 2.05) is 0 Å². The lowest BCUT2D eigenvalue weighted by molar-refractivity contribution is -0.169. The molecule has 11 nitrogen and oxygen atoms in total. The van der Waals surface area contributed by atoms with Crippen LogP contribution in [0.15, 0.2) is 23.0 Å². The van der Waals surface area contributed by atoms with Crippen LogP contribution in [0.5, 0.6) is 5.75 Å². The van der Waals surface area contributed by atoms with Gasteiger partial charge >= 0.3 is 0 Å². The van der Waals surface area contributed by atoms with E-state index in [2.05, 4.69) is 0 Å². The first-order valence-corrected chi connectivity index (χ1v) is 10.6. The Morgan fingerprint density at radius 3 is 2.29 bits per heavy atom. The summed E-state index contributed by atoms with van der Waals surface area (Å²) in [5.41, 5.74) is 8.11.